The molecule has 78 valence electrons. The van der Waals surface area contributed by atoms with Gasteiger partial charge >= 0.3 is 0 Å². The number of rotatable bonds is 1. The van der Waals surface area contributed by atoms with Crippen LogP contribution < -0.4 is 0 Å². The average Bonchev–Trinajstić information content (AvgIpc) is 2.28. The van der Waals surface area contributed by atoms with Gasteiger partial charge in [0.05, 0.1) is 11.6 Å². The van der Waals surface area contributed by atoms with Gasteiger partial charge in [-0.05, 0) is 29.8 Å². The van der Waals surface area contributed by atoms with E-state index in [1.807, 2.05) is 6.07 Å². The number of hydrogen-bond donors (Lipinski definition) is 0. The lowest BCUT2D eigenvalue weighted by Crippen LogP contribution is -1.85. The van der Waals surface area contributed by atoms with Gasteiger partial charge in [-0.1, -0.05) is 34.1 Å². The first-order valence-corrected chi connectivity index (χ1v) is 5.45. The quantitative estimate of drug-likeness (QED) is 0.768. The Hall–Kier alpha value is -1.66. The molecule has 0 saturated heterocycles. The van der Waals surface area contributed by atoms with Gasteiger partial charge in [-0.15, -0.1) is 0 Å². The normalized spacial score (nSPS) is 9.81. The molecule has 0 radical (unpaired) electrons. The highest BCUT2D eigenvalue weighted by Crippen LogP contribution is 2.26. The van der Waals surface area contributed by atoms with Gasteiger partial charge in [0, 0.05) is 10.0 Å². The molecule has 2 aromatic rings. The number of nitriles is 1. The third-order valence-electron chi connectivity index (χ3n) is 2.21. The van der Waals surface area contributed by atoms with Crippen LogP contribution in [0.2, 0.25) is 0 Å². The van der Waals surface area contributed by atoms with E-state index in [9.17, 15) is 4.39 Å². The summed E-state index contributed by atoms with van der Waals surface area (Å²) in [5, 5.41) is 8.84. The van der Waals surface area contributed by atoms with E-state index in [0.717, 1.165) is 4.47 Å². The molecule has 16 heavy (non-hydrogen) atoms. The van der Waals surface area contributed by atoms with Crippen LogP contribution in [0.5, 0.6) is 0 Å². The molecule has 3 heteroatoms. The summed E-state index contributed by atoms with van der Waals surface area (Å²) in [4.78, 5) is 0. The molecule has 0 aliphatic carbocycles. The van der Waals surface area contributed by atoms with Gasteiger partial charge < -0.3 is 0 Å². The molecule has 0 bridgehead atoms. The van der Waals surface area contributed by atoms with Gasteiger partial charge in [0.2, 0.25) is 0 Å². The van der Waals surface area contributed by atoms with Gasteiger partial charge in [0.15, 0.2) is 0 Å². The maximum Gasteiger partial charge on any atom is 0.131 e. The molecular formula is C13H7BrFN. The third-order valence-corrected chi connectivity index (χ3v) is 2.67. The number of benzene rings is 2. The van der Waals surface area contributed by atoms with E-state index in [2.05, 4.69) is 15.9 Å². The van der Waals surface area contributed by atoms with Gasteiger partial charge in [-0.2, -0.15) is 5.26 Å². The Morgan fingerprint density at radius 1 is 1.12 bits per heavy atom. The largest absolute Gasteiger partial charge is 0.206 e. The Bertz CT molecular complexity index is 572. The highest BCUT2D eigenvalue weighted by Gasteiger charge is 2.06. The minimum atomic E-state index is -0.288. The zero-order valence-corrected chi connectivity index (χ0v) is 9.83. The summed E-state index contributed by atoms with van der Waals surface area (Å²) < 4.78 is 14.3. The highest BCUT2D eigenvalue weighted by atomic mass is 79.9. The van der Waals surface area contributed by atoms with Crippen LogP contribution >= 0.6 is 15.9 Å². The summed E-state index contributed by atoms with van der Waals surface area (Å²) in [5.74, 6) is -0.288. The van der Waals surface area contributed by atoms with E-state index in [4.69, 9.17) is 5.26 Å². The van der Waals surface area contributed by atoms with Crippen LogP contribution in [0.25, 0.3) is 11.1 Å². The van der Waals surface area contributed by atoms with Crippen molar-refractivity contribution in [3.63, 3.8) is 0 Å². The van der Waals surface area contributed by atoms with Crippen molar-refractivity contribution < 1.29 is 4.39 Å². The molecule has 0 N–H and O–H groups in total. The lowest BCUT2D eigenvalue weighted by Gasteiger charge is -2.04. The fourth-order valence-corrected chi connectivity index (χ4v) is 2.00. The minimum Gasteiger partial charge on any atom is -0.206 e. The highest BCUT2D eigenvalue weighted by molar-refractivity contribution is 9.10. The van der Waals surface area contributed by atoms with Crippen molar-refractivity contribution in [1.29, 1.82) is 5.26 Å². The van der Waals surface area contributed by atoms with E-state index >= 15 is 0 Å². The summed E-state index contributed by atoms with van der Waals surface area (Å²) in [6, 6.07) is 13.7. The van der Waals surface area contributed by atoms with Gasteiger partial charge in [-0.3, -0.25) is 0 Å². The lowest BCUT2D eigenvalue weighted by molar-refractivity contribution is 0.631. The number of halogens is 2. The molecular weight excluding hydrogens is 269 g/mol. The monoisotopic (exact) mass is 275 g/mol. The second-order valence-electron chi connectivity index (χ2n) is 3.32. The van der Waals surface area contributed by atoms with Crippen LogP contribution in [0.3, 0.4) is 0 Å². The summed E-state index contributed by atoms with van der Waals surface area (Å²) in [6.45, 7) is 0. The summed E-state index contributed by atoms with van der Waals surface area (Å²) >= 11 is 3.30. The lowest BCUT2D eigenvalue weighted by atomic mass is 10.0. The predicted molar refractivity (Wildman–Crippen MR) is 64.3 cm³/mol. The van der Waals surface area contributed by atoms with Crippen molar-refractivity contribution in [3.05, 3.63) is 58.3 Å². The SMILES string of the molecule is N#Cc1cc(Br)cc(-c2ccccc2F)c1. The molecule has 1 nitrogen and oxygen atoms in total. The van der Waals surface area contributed by atoms with Crippen LogP contribution in [0.1, 0.15) is 5.56 Å². The Morgan fingerprint density at radius 2 is 1.88 bits per heavy atom. The summed E-state index contributed by atoms with van der Waals surface area (Å²) in [7, 11) is 0. The minimum absolute atomic E-state index is 0.288. The molecule has 0 aromatic heterocycles. The van der Waals surface area contributed by atoms with Crippen LogP contribution in [0.15, 0.2) is 46.9 Å². The van der Waals surface area contributed by atoms with Crippen LogP contribution in [-0.2, 0) is 0 Å². The van der Waals surface area contributed by atoms with Crippen LogP contribution in [-0.4, -0.2) is 0 Å². The Labute approximate surface area is 101 Å². The van der Waals surface area contributed by atoms with Gasteiger partial charge in [0.25, 0.3) is 0 Å². The molecule has 0 aliphatic heterocycles. The summed E-state index contributed by atoms with van der Waals surface area (Å²) in [5.41, 5.74) is 1.71. The molecule has 0 amide bonds. The first-order chi connectivity index (χ1) is 7.70. The molecule has 2 aromatic carbocycles. The van der Waals surface area contributed by atoms with Gasteiger partial charge in [-0.25, -0.2) is 4.39 Å². The second kappa shape index (κ2) is 4.46. The van der Waals surface area contributed by atoms with Crippen molar-refractivity contribution in [2.75, 3.05) is 0 Å². The first kappa shape index (κ1) is 10.8. The van der Waals surface area contributed by atoms with Crippen molar-refractivity contribution in [2.24, 2.45) is 0 Å². The molecule has 2 rings (SSSR count). The molecule has 0 spiro atoms. The molecule has 0 heterocycles. The van der Waals surface area contributed by atoms with E-state index in [0.29, 0.717) is 16.7 Å². The van der Waals surface area contributed by atoms with E-state index < -0.39 is 0 Å². The fourth-order valence-electron chi connectivity index (χ4n) is 1.51. The maximum absolute atomic E-state index is 13.5. The first-order valence-electron chi connectivity index (χ1n) is 4.66. The molecule has 0 fully saturated rings. The molecule has 0 unspecified atom stereocenters. The molecule has 0 aliphatic rings. The van der Waals surface area contributed by atoms with E-state index in [-0.39, 0.29) is 5.82 Å². The zero-order chi connectivity index (χ0) is 11.5. The molecule has 0 saturated carbocycles. The third kappa shape index (κ3) is 2.12. The fraction of sp³-hybridized carbons (Fsp3) is 0. The Morgan fingerprint density at radius 3 is 2.56 bits per heavy atom. The van der Waals surface area contributed by atoms with Crippen molar-refractivity contribution in [1.82, 2.24) is 0 Å². The van der Waals surface area contributed by atoms with E-state index in [1.165, 1.54) is 6.07 Å². The van der Waals surface area contributed by atoms with Crippen LogP contribution in [0.4, 0.5) is 4.39 Å². The van der Waals surface area contributed by atoms with E-state index in [1.54, 1.807) is 36.4 Å². The Balaban J connectivity index is 2.61. The zero-order valence-electron chi connectivity index (χ0n) is 8.24. The number of nitrogens with zero attached hydrogens (tertiary/aromatic N) is 1. The van der Waals surface area contributed by atoms with Gasteiger partial charge in [0.1, 0.15) is 5.82 Å². The van der Waals surface area contributed by atoms with Crippen molar-refractivity contribution in [2.45, 2.75) is 0 Å². The second-order valence-corrected chi connectivity index (χ2v) is 4.24. The van der Waals surface area contributed by atoms with Crippen LogP contribution in [0, 0.1) is 17.1 Å². The average molecular weight is 276 g/mol. The Kier molecular flexibility index (Phi) is 3.02. The maximum atomic E-state index is 13.5. The topological polar surface area (TPSA) is 23.8 Å². The predicted octanol–water partition coefficient (Wildman–Crippen LogP) is 4.13. The number of hydrogen-bond acceptors (Lipinski definition) is 1. The van der Waals surface area contributed by atoms with Crippen molar-refractivity contribution >= 4 is 15.9 Å². The summed E-state index contributed by atoms with van der Waals surface area (Å²) in [6.07, 6.45) is 0. The molecule has 0 atom stereocenters. The smallest absolute Gasteiger partial charge is 0.131 e. The standard InChI is InChI=1S/C13H7BrFN/c14-11-6-9(8-16)5-10(7-11)12-3-1-2-4-13(12)15/h1-7H. The van der Waals surface area contributed by atoms with Crippen molar-refractivity contribution in [3.8, 4) is 17.2 Å².